The number of hydrogen-bond donors (Lipinski definition) is 3. The third-order valence-electron chi connectivity index (χ3n) is 3.09. The van der Waals surface area contributed by atoms with Crippen LogP contribution >= 0.6 is 0 Å². The van der Waals surface area contributed by atoms with E-state index in [1.165, 1.54) is 5.56 Å². The number of carbonyl (C=O) groups is 1. The lowest BCUT2D eigenvalue weighted by atomic mass is 10.1. The maximum atomic E-state index is 11.9. The summed E-state index contributed by atoms with van der Waals surface area (Å²) in [7, 11) is 0. The lowest BCUT2D eigenvalue weighted by Gasteiger charge is -2.17. The first kappa shape index (κ1) is 15.5. The smallest absolute Gasteiger partial charge is 0.319 e. The van der Waals surface area contributed by atoms with E-state index < -0.39 is 0 Å². The Labute approximate surface area is 115 Å². The van der Waals surface area contributed by atoms with Gasteiger partial charge in [0.25, 0.3) is 0 Å². The van der Waals surface area contributed by atoms with Gasteiger partial charge >= 0.3 is 6.03 Å². The van der Waals surface area contributed by atoms with Gasteiger partial charge in [0.15, 0.2) is 0 Å². The summed E-state index contributed by atoms with van der Waals surface area (Å²) in [4.78, 5) is 11.9. The molecule has 0 saturated heterocycles. The fourth-order valence-corrected chi connectivity index (χ4v) is 2.22. The van der Waals surface area contributed by atoms with E-state index in [-0.39, 0.29) is 18.7 Å². The predicted octanol–water partition coefficient (Wildman–Crippen LogP) is 2.89. The van der Waals surface area contributed by atoms with Crippen molar-refractivity contribution in [2.75, 3.05) is 11.9 Å². The van der Waals surface area contributed by atoms with Gasteiger partial charge in [-0.2, -0.15) is 0 Å². The summed E-state index contributed by atoms with van der Waals surface area (Å²) < 4.78 is 0. The summed E-state index contributed by atoms with van der Waals surface area (Å²) in [5.41, 5.74) is 4.20. The molecule has 0 fully saturated rings. The van der Waals surface area contributed by atoms with Crippen LogP contribution in [-0.2, 0) is 0 Å². The number of amides is 2. The number of aryl methyl sites for hydroxylation is 3. The highest BCUT2D eigenvalue weighted by molar-refractivity contribution is 5.91. The zero-order valence-electron chi connectivity index (χ0n) is 12.2. The Balaban J connectivity index is 2.62. The first-order chi connectivity index (χ1) is 8.93. The minimum Gasteiger partial charge on any atom is -0.396 e. The van der Waals surface area contributed by atoms with Crippen LogP contribution in [-0.4, -0.2) is 23.8 Å². The highest BCUT2D eigenvalue weighted by atomic mass is 16.3. The zero-order valence-corrected chi connectivity index (χ0v) is 12.2. The summed E-state index contributed by atoms with van der Waals surface area (Å²) in [6.45, 7) is 8.12. The van der Waals surface area contributed by atoms with Crippen molar-refractivity contribution in [2.45, 2.75) is 46.6 Å². The van der Waals surface area contributed by atoms with Gasteiger partial charge in [-0.1, -0.05) is 17.7 Å². The summed E-state index contributed by atoms with van der Waals surface area (Å²) in [5, 5.41) is 14.5. The van der Waals surface area contributed by atoms with Gasteiger partial charge in [0.1, 0.15) is 0 Å². The van der Waals surface area contributed by atoms with Gasteiger partial charge < -0.3 is 15.7 Å². The van der Waals surface area contributed by atoms with Crippen LogP contribution in [0.2, 0.25) is 0 Å². The molecular formula is C15H24N2O2. The molecule has 1 aromatic carbocycles. The third-order valence-corrected chi connectivity index (χ3v) is 3.09. The van der Waals surface area contributed by atoms with Crippen LogP contribution in [0.5, 0.6) is 0 Å². The molecule has 0 heterocycles. The normalized spacial score (nSPS) is 12.1. The van der Waals surface area contributed by atoms with E-state index in [0.29, 0.717) is 6.42 Å². The lowest BCUT2D eigenvalue weighted by molar-refractivity contribution is 0.245. The van der Waals surface area contributed by atoms with E-state index in [1.807, 2.05) is 27.7 Å². The first-order valence-corrected chi connectivity index (χ1v) is 6.70. The van der Waals surface area contributed by atoms with Crippen LogP contribution in [0.1, 0.15) is 36.5 Å². The molecule has 2 amide bonds. The molecule has 106 valence electrons. The molecule has 3 N–H and O–H groups in total. The molecule has 0 aliphatic heterocycles. The topological polar surface area (TPSA) is 61.4 Å². The second-order valence-electron chi connectivity index (χ2n) is 5.14. The number of urea groups is 1. The summed E-state index contributed by atoms with van der Waals surface area (Å²) >= 11 is 0. The van der Waals surface area contributed by atoms with Crippen LogP contribution in [0.15, 0.2) is 12.1 Å². The van der Waals surface area contributed by atoms with E-state index in [4.69, 9.17) is 5.11 Å². The SMILES string of the molecule is Cc1cc(C)c(NC(=O)NC(C)CCCO)c(C)c1. The van der Waals surface area contributed by atoms with E-state index in [1.54, 1.807) is 0 Å². The van der Waals surface area contributed by atoms with Crippen molar-refractivity contribution in [1.29, 1.82) is 0 Å². The zero-order chi connectivity index (χ0) is 14.4. The minimum atomic E-state index is -0.194. The van der Waals surface area contributed by atoms with Crippen molar-refractivity contribution in [1.82, 2.24) is 5.32 Å². The van der Waals surface area contributed by atoms with E-state index in [9.17, 15) is 4.79 Å². The van der Waals surface area contributed by atoms with Crippen molar-refractivity contribution in [3.63, 3.8) is 0 Å². The molecule has 1 rings (SSSR count). The number of hydrogen-bond acceptors (Lipinski definition) is 2. The second kappa shape index (κ2) is 7.14. The highest BCUT2D eigenvalue weighted by Crippen LogP contribution is 2.21. The van der Waals surface area contributed by atoms with Gasteiger partial charge in [0, 0.05) is 18.3 Å². The Bertz CT molecular complexity index is 421. The lowest BCUT2D eigenvalue weighted by Crippen LogP contribution is -2.36. The van der Waals surface area contributed by atoms with Gasteiger partial charge in [0.05, 0.1) is 0 Å². The Morgan fingerprint density at radius 1 is 1.26 bits per heavy atom. The third kappa shape index (κ3) is 4.91. The Hall–Kier alpha value is -1.55. The number of rotatable bonds is 5. The fraction of sp³-hybridized carbons (Fsp3) is 0.533. The quantitative estimate of drug-likeness (QED) is 0.765. The van der Waals surface area contributed by atoms with E-state index >= 15 is 0 Å². The molecule has 1 atom stereocenters. The molecule has 0 aliphatic rings. The molecule has 1 unspecified atom stereocenters. The van der Waals surface area contributed by atoms with Gasteiger partial charge in [-0.05, 0) is 51.7 Å². The van der Waals surface area contributed by atoms with Crippen molar-refractivity contribution in [3.8, 4) is 0 Å². The van der Waals surface area contributed by atoms with Crippen LogP contribution in [0.4, 0.5) is 10.5 Å². The Kier molecular flexibility index (Phi) is 5.83. The Morgan fingerprint density at radius 2 is 1.84 bits per heavy atom. The molecule has 0 bridgehead atoms. The summed E-state index contributed by atoms with van der Waals surface area (Å²) in [6, 6.07) is 3.97. The molecule has 0 spiro atoms. The average Bonchev–Trinajstić information content (AvgIpc) is 2.31. The number of anilines is 1. The molecule has 0 aliphatic carbocycles. The van der Waals surface area contributed by atoms with Crippen LogP contribution in [0.3, 0.4) is 0 Å². The second-order valence-corrected chi connectivity index (χ2v) is 5.14. The molecule has 4 heteroatoms. The van der Waals surface area contributed by atoms with Crippen LogP contribution in [0, 0.1) is 20.8 Å². The van der Waals surface area contributed by atoms with Crippen molar-refractivity contribution in [2.24, 2.45) is 0 Å². The maximum Gasteiger partial charge on any atom is 0.319 e. The Morgan fingerprint density at radius 3 is 2.37 bits per heavy atom. The standard InChI is InChI=1S/C15H24N2O2/c1-10-8-11(2)14(12(3)9-10)17-15(19)16-13(4)6-5-7-18/h8-9,13,18H,5-7H2,1-4H3,(H2,16,17,19). The van der Waals surface area contributed by atoms with E-state index in [2.05, 4.69) is 22.8 Å². The molecule has 0 radical (unpaired) electrons. The molecule has 1 aromatic rings. The number of carbonyl (C=O) groups excluding carboxylic acids is 1. The number of aliphatic hydroxyl groups is 1. The van der Waals surface area contributed by atoms with Gasteiger partial charge in [0.2, 0.25) is 0 Å². The predicted molar refractivity (Wildman–Crippen MR) is 78.6 cm³/mol. The van der Waals surface area contributed by atoms with E-state index in [0.717, 1.165) is 23.2 Å². The van der Waals surface area contributed by atoms with Gasteiger partial charge in [-0.3, -0.25) is 0 Å². The molecule has 0 saturated carbocycles. The van der Waals surface area contributed by atoms with Crippen molar-refractivity contribution in [3.05, 3.63) is 28.8 Å². The van der Waals surface area contributed by atoms with Gasteiger partial charge in [-0.15, -0.1) is 0 Å². The molecule has 0 aromatic heterocycles. The summed E-state index contributed by atoms with van der Waals surface area (Å²) in [5.74, 6) is 0. The maximum absolute atomic E-state index is 11.9. The largest absolute Gasteiger partial charge is 0.396 e. The summed E-state index contributed by atoms with van der Waals surface area (Å²) in [6.07, 6.45) is 1.47. The average molecular weight is 264 g/mol. The minimum absolute atomic E-state index is 0.0539. The van der Waals surface area contributed by atoms with Gasteiger partial charge in [-0.25, -0.2) is 4.79 Å². The molecule has 4 nitrogen and oxygen atoms in total. The monoisotopic (exact) mass is 264 g/mol. The van der Waals surface area contributed by atoms with Crippen molar-refractivity contribution >= 4 is 11.7 Å². The van der Waals surface area contributed by atoms with Crippen molar-refractivity contribution < 1.29 is 9.90 Å². The number of benzene rings is 1. The molecule has 19 heavy (non-hydrogen) atoms. The van der Waals surface area contributed by atoms with Crippen LogP contribution < -0.4 is 10.6 Å². The van der Waals surface area contributed by atoms with Crippen LogP contribution in [0.25, 0.3) is 0 Å². The number of nitrogens with one attached hydrogen (secondary N) is 2. The highest BCUT2D eigenvalue weighted by Gasteiger charge is 2.10. The first-order valence-electron chi connectivity index (χ1n) is 6.70. The molecular weight excluding hydrogens is 240 g/mol. The fourth-order valence-electron chi connectivity index (χ4n) is 2.22. The number of aliphatic hydroxyl groups excluding tert-OH is 1.